The van der Waals surface area contributed by atoms with Crippen LogP contribution in [0.15, 0.2) is 30.3 Å². The number of hydrogen-bond acceptors (Lipinski definition) is 4. The van der Waals surface area contributed by atoms with Crippen molar-refractivity contribution in [3.8, 4) is 0 Å². The minimum Gasteiger partial charge on any atom is -0.469 e. The Bertz CT molecular complexity index is 524. The quantitative estimate of drug-likeness (QED) is 0.772. The van der Waals surface area contributed by atoms with Crippen molar-refractivity contribution in [2.24, 2.45) is 11.1 Å². The van der Waals surface area contributed by atoms with Gasteiger partial charge in [-0.05, 0) is 25.3 Å². The Labute approximate surface area is 131 Å². The zero-order valence-corrected chi connectivity index (χ0v) is 13.2. The van der Waals surface area contributed by atoms with Crippen molar-refractivity contribution in [3.63, 3.8) is 0 Å². The molecule has 0 radical (unpaired) electrons. The molecule has 2 N–H and O–H groups in total. The van der Waals surface area contributed by atoms with Gasteiger partial charge in [0.1, 0.15) is 0 Å². The van der Waals surface area contributed by atoms with E-state index in [0.29, 0.717) is 25.9 Å². The summed E-state index contributed by atoms with van der Waals surface area (Å²) >= 11 is 0. The maximum atomic E-state index is 11.9. The second-order valence-corrected chi connectivity index (χ2v) is 6.18. The van der Waals surface area contributed by atoms with E-state index in [1.54, 1.807) is 0 Å². The number of carbonyl (C=O) groups is 2. The van der Waals surface area contributed by atoms with Gasteiger partial charge in [-0.1, -0.05) is 30.3 Å². The van der Waals surface area contributed by atoms with Crippen LogP contribution in [0.4, 0.5) is 0 Å². The van der Waals surface area contributed by atoms with Crippen LogP contribution in [-0.2, 0) is 20.7 Å². The van der Waals surface area contributed by atoms with Crippen molar-refractivity contribution in [2.75, 3.05) is 20.2 Å². The minimum atomic E-state index is -0.485. The van der Waals surface area contributed by atoms with Gasteiger partial charge in [0.15, 0.2) is 0 Å². The van der Waals surface area contributed by atoms with E-state index in [4.69, 9.17) is 5.73 Å². The van der Waals surface area contributed by atoms with Crippen LogP contribution < -0.4 is 5.73 Å². The van der Waals surface area contributed by atoms with E-state index >= 15 is 0 Å². The molecule has 0 aromatic heterocycles. The molecule has 0 saturated carbocycles. The van der Waals surface area contributed by atoms with Gasteiger partial charge in [-0.2, -0.15) is 0 Å². The maximum absolute atomic E-state index is 11.9. The van der Waals surface area contributed by atoms with Gasteiger partial charge >= 0.3 is 5.97 Å². The lowest BCUT2D eigenvalue weighted by Crippen LogP contribution is -2.65. The molecule has 2 rings (SSSR count). The third-order valence-electron chi connectivity index (χ3n) is 4.54. The Balaban J connectivity index is 1.91. The summed E-state index contributed by atoms with van der Waals surface area (Å²) in [6, 6.07) is 10.2. The van der Waals surface area contributed by atoms with Crippen molar-refractivity contribution >= 4 is 11.9 Å². The second kappa shape index (κ2) is 6.92. The largest absolute Gasteiger partial charge is 0.469 e. The van der Waals surface area contributed by atoms with E-state index in [9.17, 15) is 9.59 Å². The molecule has 1 aliphatic rings. The molecule has 1 atom stereocenters. The number of nitrogens with two attached hydrogens (primary N) is 1. The molecule has 1 saturated heterocycles. The fourth-order valence-corrected chi connectivity index (χ4v) is 3.00. The number of amides is 1. The normalized spacial score (nSPS) is 18.3. The number of benzene rings is 1. The van der Waals surface area contributed by atoms with Gasteiger partial charge in [0, 0.05) is 25.6 Å². The molecule has 1 heterocycles. The van der Waals surface area contributed by atoms with Crippen molar-refractivity contribution in [2.45, 2.75) is 32.2 Å². The molecule has 1 fully saturated rings. The molecule has 1 aliphatic heterocycles. The third kappa shape index (κ3) is 3.65. The molecule has 1 aromatic rings. The summed E-state index contributed by atoms with van der Waals surface area (Å²) in [6.45, 7) is 3.37. The van der Waals surface area contributed by atoms with Gasteiger partial charge in [0.25, 0.3) is 0 Å². The predicted octanol–water partition coefficient (Wildman–Crippen LogP) is 1.36. The van der Waals surface area contributed by atoms with E-state index in [-0.39, 0.29) is 17.9 Å². The monoisotopic (exact) mass is 304 g/mol. The number of carbonyl (C=O) groups excluding carboxylic acids is 2. The zero-order chi connectivity index (χ0) is 16.2. The number of nitrogens with zero attached hydrogens (tertiary/aromatic N) is 1. The van der Waals surface area contributed by atoms with Crippen LogP contribution in [0.2, 0.25) is 0 Å². The Morgan fingerprint density at radius 2 is 1.95 bits per heavy atom. The number of rotatable bonds is 7. The van der Waals surface area contributed by atoms with Gasteiger partial charge in [-0.15, -0.1) is 0 Å². The Kier molecular flexibility index (Phi) is 5.19. The first-order chi connectivity index (χ1) is 10.5. The Morgan fingerprint density at radius 1 is 1.32 bits per heavy atom. The summed E-state index contributed by atoms with van der Waals surface area (Å²) in [5.74, 6) is -0.439. The number of esters is 1. The van der Waals surface area contributed by atoms with E-state index in [1.807, 2.05) is 30.3 Å². The average Bonchev–Trinajstić information content (AvgIpc) is 2.48. The summed E-state index contributed by atoms with van der Waals surface area (Å²) in [5, 5.41) is 0. The summed E-state index contributed by atoms with van der Waals surface area (Å²) in [5.41, 5.74) is 6.29. The van der Waals surface area contributed by atoms with Crippen LogP contribution in [0.1, 0.15) is 25.3 Å². The number of methoxy groups -OCH3 is 1. The fourth-order valence-electron chi connectivity index (χ4n) is 3.00. The SMILES string of the molecule is COC(=O)CCC(C)N1CC(Cc2ccccc2)(C(N)=O)C1. The highest BCUT2D eigenvalue weighted by Gasteiger charge is 2.49. The standard InChI is InChI=1S/C17H24N2O3/c1-13(8-9-15(20)22-2)19-11-17(12-19,16(18)21)10-14-6-4-3-5-7-14/h3-7,13H,8-12H2,1-2H3,(H2,18,21). The van der Waals surface area contributed by atoms with Crippen molar-refractivity contribution in [3.05, 3.63) is 35.9 Å². The van der Waals surface area contributed by atoms with E-state index in [2.05, 4.69) is 16.6 Å². The van der Waals surface area contributed by atoms with Gasteiger partial charge in [-0.25, -0.2) is 0 Å². The number of ether oxygens (including phenoxy) is 1. The first-order valence-electron chi connectivity index (χ1n) is 7.61. The van der Waals surface area contributed by atoms with Crippen molar-refractivity contribution in [1.29, 1.82) is 0 Å². The molecular formula is C17H24N2O3. The van der Waals surface area contributed by atoms with Crippen molar-refractivity contribution in [1.82, 2.24) is 4.90 Å². The second-order valence-electron chi connectivity index (χ2n) is 6.18. The molecule has 0 aliphatic carbocycles. The highest BCUT2D eigenvalue weighted by Crippen LogP contribution is 2.36. The predicted molar refractivity (Wildman–Crippen MR) is 84.1 cm³/mol. The molecule has 0 bridgehead atoms. The van der Waals surface area contributed by atoms with Crippen LogP contribution in [0.25, 0.3) is 0 Å². The zero-order valence-electron chi connectivity index (χ0n) is 13.2. The first kappa shape index (κ1) is 16.5. The highest BCUT2D eigenvalue weighted by atomic mass is 16.5. The van der Waals surface area contributed by atoms with E-state index < -0.39 is 5.41 Å². The molecule has 1 amide bonds. The smallest absolute Gasteiger partial charge is 0.305 e. The van der Waals surface area contributed by atoms with Crippen LogP contribution in [-0.4, -0.2) is 43.0 Å². The topological polar surface area (TPSA) is 72.6 Å². The van der Waals surface area contributed by atoms with Crippen LogP contribution in [0.5, 0.6) is 0 Å². The number of primary amides is 1. The molecule has 0 spiro atoms. The van der Waals surface area contributed by atoms with Crippen LogP contribution >= 0.6 is 0 Å². The number of likely N-dealkylation sites (tertiary alicyclic amines) is 1. The Hall–Kier alpha value is -1.88. The van der Waals surface area contributed by atoms with Gasteiger partial charge in [0.2, 0.25) is 5.91 Å². The van der Waals surface area contributed by atoms with Crippen LogP contribution in [0, 0.1) is 5.41 Å². The molecule has 1 aromatic carbocycles. The van der Waals surface area contributed by atoms with E-state index in [1.165, 1.54) is 7.11 Å². The Morgan fingerprint density at radius 3 is 2.50 bits per heavy atom. The molecule has 22 heavy (non-hydrogen) atoms. The summed E-state index contributed by atoms with van der Waals surface area (Å²) in [7, 11) is 1.40. The van der Waals surface area contributed by atoms with Gasteiger partial charge < -0.3 is 10.5 Å². The summed E-state index contributed by atoms with van der Waals surface area (Å²) < 4.78 is 4.66. The lowest BCUT2D eigenvalue weighted by atomic mass is 9.73. The lowest BCUT2D eigenvalue weighted by molar-refractivity contribution is -0.144. The average molecular weight is 304 g/mol. The first-order valence-corrected chi connectivity index (χ1v) is 7.61. The van der Waals surface area contributed by atoms with Crippen LogP contribution in [0.3, 0.4) is 0 Å². The third-order valence-corrected chi connectivity index (χ3v) is 4.54. The van der Waals surface area contributed by atoms with Crippen molar-refractivity contribution < 1.29 is 14.3 Å². The number of hydrogen-bond donors (Lipinski definition) is 1. The van der Waals surface area contributed by atoms with Gasteiger partial charge in [-0.3, -0.25) is 14.5 Å². The minimum absolute atomic E-state index is 0.196. The van der Waals surface area contributed by atoms with Gasteiger partial charge in [0.05, 0.1) is 12.5 Å². The highest BCUT2D eigenvalue weighted by molar-refractivity contribution is 5.83. The summed E-state index contributed by atoms with van der Waals surface area (Å²) in [6.07, 6.45) is 1.80. The maximum Gasteiger partial charge on any atom is 0.305 e. The molecule has 120 valence electrons. The molecule has 5 nitrogen and oxygen atoms in total. The lowest BCUT2D eigenvalue weighted by Gasteiger charge is -2.51. The fraction of sp³-hybridized carbons (Fsp3) is 0.529. The summed E-state index contributed by atoms with van der Waals surface area (Å²) in [4.78, 5) is 25.3. The molecular weight excluding hydrogens is 280 g/mol. The van der Waals surface area contributed by atoms with E-state index in [0.717, 1.165) is 12.0 Å². The molecule has 5 heteroatoms. The molecule has 1 unspecified atom stereocenters.